The van der Waals surface area contributed by atoms with E-state index in [-0.39, 0.29) is 110 Å². The molecule has 14 heteroatoms. The summed E-state index contributed by atoms with van der Waals surface area (Å²) >= 11 is 1.48. The predicted octanol–water partition coefficient (Wildman–Crippen LogP) is 6.77. The minimum Gasteiger partial charge on any atom is -0.504 e. The van der Waals surface area contributed by atoms with Crippen LogP contribution < -0.4 is 0 Å². The molecule has 2 aliphatic carbocycles. The molecule has 2 aromatic carbocycles. The first-order valence-corrected chi connectivity index (χ1v) is 22.2. The number of esters is 2. The van der Waals surface area contributed by atoms with E-state index in [1.807, 2.05) is 30.3 Å². The third-order valence-corrected chi connectivity index (χ3v) is 12.7. The molecule has 5 atom stereocenters. The molecule has 2 saturated heterocycles. The highest BCUT2D eigenvalue weighted by Crippen LogP contribution is 2.56. The smallest absolute Gasteiger partial charge is 0.306 e. The summed E-state index contributed by atoms with van der Waals surface area (Å²) in [6.07, 6.45) is 8.78. The number of likely N-dealkylation sites (tertiary alicyclic amines) is 1. The van der Waals surface area contributed by atoms with Crippen molar-refractivity contribution in [1.82, 2.24) is 4.90 Å². The van der Waals surface area contributed by atoms with E-state index in [0.717, 1.165) is 44.5 Å². The number of ketones is 2. The Hall–Kier alpha value is -4.27. The van der Waals surface area contributed by atoms with Gasteiger partial charge in [-0.1, -0.05) is 30.3 Å². The molecular weight excluding hydrogens is 779 g/mol. The second-order valence-electron chi connectivity index (χ2n) is 15.6. The number of ether oxygens (including phenoxy) is 4. The first-order chi connectivity index (χ1) is 28.6. The van der Waals surface area contributed by atoms with Crippen molar-refractivity contribution in [3.05, 3.63) is 59.7 Å². The van der Waals surface area contributed by atoms with Crippen LogP contribution in [-0.4, -0.2) is 102 Å². The van der Waals surface area contributed by atoms with Crippen LogP contribution in [0.4, 0.5) is 0 Å². The van der Waals surface area contributed by atoms with Crippen LogP contribution in [0, 0.1) is 23.7 Å². The molecule has 6 rings (SSSR count). The summed E-state index contributed by atoms with van der Waals surface area (Å²) < 4.78 is 21.0. The number of phenols is 2. The number of carbonyl (C=O) groups excluding carboxylic acids is 6. The Labute approximate surface area is 350 Å². The summed E-state index contributed by atoms with van der Waals surface area (Å²) in [7, 11) is 0. The maximum atomic E-state index is 12.9. The second-order valence-corrected chi connectivity index (χ2v) is 17.0. The molecule has 4 aliphatic rings. The number of Topliss-reactive ketones (excluding diaryl/α,β-unsaturated/α-hetero) is 2. The van der Waals surface area contributed by atoms with Gasteiger partial charge in [-0.25, -0.2) is 0 Å². The fourth-order valence-electron chi connectivity index (χ4n) is 8.35. The lowest BCUT2D eigenvalue weighted by molar-refractivity contribution is -0.145. The number of phenolic OH excluding ortho intramolecular Hbond substituents is 2. The molecule has 2 aromatic rings. The largest absolute Gasteiger partial charge is 0.504 e. The zero-order valence-corrected chi connectivity index (χ0v) is 34.7. The number of unbranched alkanes of at least 4 members (excludes halogenated alkanes) is 2. The van der Waals surface area contributed by atoms with Crippen molar-refractivity contribution in [3.63, 3.8) is 0 Å². The summed E-state index contributed by atoms with van der Waals surface area (Å²) in [5, 5.41) is 18.7. The van der Waals surface area contributed by atoms with Crippen LogP contribution in [-0.2, 0) is 42.9 Å². The Bertz CT molecular complexity index is 1680. The molecule has 2 aliphatic heterocycles. The fourth-order valence-corrected chi connectivity index (χ4v) is 9.57. The Morgan fingerprint density at radius 1 is 0.746 bits per heavy atom. The van der Waals surface area contributed by atoms with Gasteiger partial charge in [0.05, 0.1) is 37.9 Å². The first-order valence-electron chi connectivity index (χ1n) is 21.2. The van der Waals surface area contributed by atoms with Gasteiger partial charge in [0.15, 0.2) is 17.3 Å². The van der Waals surface area contributed by atoms with Crippen LogP contribution in [0.3, 0.4) is 0 Å². The molecule has 0 radical (unpaired) electrons. The van der Waals surface area contributed by atoms with Crippen molar-refractivity contribution < 1.29 is 57.9 Å². The lowest BCUT2D eigenvalue weighted by Gasteiger charge is -2.19. The number of nitrogens with zero attached hydrogens (tertiary/aromatic N) is 1. The van der Waals surface area contributed by atoms with Crippen molar-refractivity contribution in [3.8, 4) is 11.5 Å². The Balaban J connectivity index is 0.00000123. The molecule has 0 spiro atoms. The van der Waals surface area contributed by atoms with Gasteiger partial charge in [0, 0.05) is 62.2 Å². The number of hydrogen-bond acceptors (Lipinski definition) is 13. The molecule has 4 fully saturated rings. The summed E-state index contributed by atoms with van der Waals surface area (Å²) in [6.45, 7) is 3.20. The monoisotopic (exact) mass is 837 g/mol. The van der Waals surface area contributed by atoms with E-state index in [1.165, 1.54) is 47.7 Å². The number of aromatic hydroxyl groups is 2. The maximum absolute atomic E-state index is 12.9. The molecular formula is C45H59NO12S. The number of amides is 2. The molecule has 2 amide bonds. The number of imide groups is 1. The zero-order valence-electron chi connectivity index (χ0n) is 33.9. The molecule has 1 unspecified atom stereocenters. The van der Waals surface area contributed by atoms with E-state index in [4.69, 9.17) is 18.9 Å². The number of hydrogen-bond donors (Lipinski definition) is 2. The van der Waals surface area contributed by atoms with E-state index in [0.29, 0.717) is 55.6 Å². The number of benzene rings is 2. The quantitative estimate of drug-likeness (QED) is 0.0372. The second kappa shape index (κ2) is 24.1. The van der Waals surface area contributed by atoms with Gasteiger partial charge in [0.2, 0.25) is 11.8 Å². The van der Waals surface area contributed by atoms with Gasteiger partial charge in [0.25, 0.3) is 0 Å². The van der Waals surface area contributed by atoms with Gasteiger partial charge in [-0.15, -0.1) is 0 Å². The standard InChI is InChI=1S/C41H51NO11S.C4H8O/c43-31(14-16-36(47)52-20-6-2-5-18-42-40(49)38-29-11-12-30(24-29)39(38)41(42)50)26-35(27-8-3-1-4-9-27)54-23-17-37(48)53-22-21-51-19-7-10-32(44)28-13-15-33(45)34(46)25-28;1-2-4-5-3-1/h1,3-4,8-9,13,15,25,29-30,35,38-39,45-46H,2,5-7,10-12,14,16-24,26H2;1-4H2/t29-,30+,35?,38+,39-;. The predicted molar refractivity (Wildman–Crippen MR) is 220 cm³/mol. The lowest BCUT2D eigenvalue weighted by atomic mass is 9.81. The highest BCUT2D eigenvalue weighted by Gasteiger charge is 2.60. The van der Waals surface area contributed by atoms with Gasteiger partial charge in [-0.05, 0) is 93.4 Å². The highest BCUT2D eigenvalue weighted by atomic mass is 32.2. The Morgan fingerprint density at radius 3 is 2.12 bits per heavy atom. The zero-order chi connectivity index (χ0) is 42.0. The highest BCUT2D eigenvalue weighted by molar-refractivity contribution is 7.99. The van der Waals surface area contributed by atoms with Gasteiger partial charge >= 0.3 is 11.9 Å². The first kappa shape index (κ1) is 45.8. The normalized spacial score (nSPS) is 20.8. The minimum absolute atomic E-state index is 0.0129. The molecule has 0 aromatic heterocycles. The lowest BCUT2D eigenvalue weighted by Crippen LogP contribution is -2.33. The van der Waals surface area contributed by atoms with E-state index in [1.54, 1.807) is 0 Å². The average molecular weight is 838 g/mol. The van der Waals surface area contributed by atoms with Crippen LogP contribution >= 0.6 is 11.8 Å². The van der Waals surface area contributed by atoms with E-state index in [9.17, 15) is 39.0 Å². The van der Waals surface area contributed by atoms with Gasteiger partial charge in [-0.2, -0.15) is 11.8 Å². The number of carbonyl (C=O) groups is 6. The Kier molecular flexibility index (Phi) is 18.7. The van der Waals surface area contributed by atoms with Crippen molar-refractivity contribution in [1.29, 1.82) is 0 Å². The summed E-state index contributed by atoms with van der Waals surface area (Å²) in [4.78, 5) is 76.9. The molecule has 59 heavy (non-hydrogen) atoms. The van der Waals surface area contributed by atoms with Gasteiger partial charge in [-0.3, -0.25) is 33.7 Å². The topological polar surface area (TPSA) is 183 Å². The van der Waals surface area contributed by atoms with Crippen LogP contribution in [0.2, 0.25) is 0 Å². The summed E-state index contributed by atoms with van der Waals surface area (Å²) in [6, 6.07) is 13.5. The summed E-state index contributed by atoms with van der Waals surface area (Å²) in [5.74, 6) is -0.679. The minimum atomic E-state index is -0.434. The van der Waals surface area contributed by atoms with Gasteiger partial charge < -0.3 is 29.2 Å². The van der Waals surface area contributed by atoms with Crippen LogP contribution in [0.25, 0.3) is 0 Å². The maximum Gasteiger partial charge on any atom is 0.306 e. The van der Waals surface area contributed by atoms with Crippen molar-refractivity contribution in [2.45, 2.75) is 95.1 Å². The fraction of sp³-hybridized carbons (Fsp3) is 0.600. The average Bonchev–Trinajstić information content (AvgIpc) is 4.07. The van der Waals surface area contributed by atoms with E-state index >= 15 is 0 Å². The molecule has 2 heterocycles. The number of rotatable bonds is 24. The third kappa shape index (κ3) is 14.2. The van der Waals surface area contributed by atoms with Crippen molar-refractivity contribution in [2.75, 3.05) is 51.9 Å². The summed E-state index contributed by atoms with van der Waals surface area (Å²) in [5.41, 5.74) is 1.26. The molecule has 2 N–H and O–H groups in total. The van der Waals surface area contributed by atoms with Gasteiger partial charge in [0.1, 0.15) is 12.4 Å². The molecule has 2 saturated carbocycles. The van der Waals surface area contributed by atoms with Crippen molar-refractivity contribution in [2.24, 2.45) is 23.7 Å². The van der Waals surface area contributed by atoms with E-state index in [2.05, 4.69) is 0 Å². The Morgan fingerprint density at radius 2 is 1.44 bits per heavy atom. The molecule has 2 bridgehead atoms. The molecule has 322 valence electrons. The number of fused-ring (bicyclic) bond motifs is 5. The van der Waals surface area contributed by atoms with Crippen molar-refractivity contribution >= 4 is 47.1 Å². The number of thioether (sulfide) groups is 1. The third-order valence-electron chi connectivity index (χ3n) is 11.4. The van der Waals surface area contributed by atoms with Crippen LogP contribution in [0.5, 0.6) is 11.5 Å². The van der Waals surface area contributed by atoms with Crippen LogP contribution in [0.1, 0.15) is 111 Å². The molecule has 13 nitrogen and oxygen atoms in total. The van der Waals surface area contributed by atoms with E-state index < -0.39 is 5.97 Å². The van der Waals surface area contributed by atoms with Crippen LogP contribution in [0.15, 0.2) is 48.5 Å². The SMILES string of the molecule is C1CCOC1.O=C(CCC(=O)OCCCCCN1C(=O)[C@@H]2[C@H]3CC[C@H](C3)[C@@H]2C1=O)CC(SCCC(=O)OCCOCCCC(=O)c1ccc(O)c(O)c1)c1ccccc1.